The summed E-state index contributed by atoms with van der Waals surface area (Å²) in [5.74, 6) is 0. The van der Waals surface area contributed by atoms with Crippen molar-refractivity contribution in [3.05, 3.63) is 23.0 Å². The van der Waals surface area contributed by atoms with Crippen LogP contribution in [0.15, 0.2) is 6.07 Å². The Morgan fingerprint density at radius 3 is 2.94 bits per heavy atom. The average Bonchev–Trinajstić information content (AvgIpc) is 3.02. The Morgan fingerprint density at radius 1 is 1.33 bits per heavy atom. The van der Waals surface area contributed by atoms with Gasteiger partial charge in [0, 0.05) is 17.0 Å². The van der Waals surface area contributed by atoms with Gasteiger partial charge in [-0.05, 0) is 51.5 Å². The van der Waals surface area contributed by atoms with E-state index in [1.165, 1.54) is 36.2 Å². The molecule has 2 fully saturated rings. The highest BCUT2D eigenvalue weighted by Crippen LogP contribution is 2.45. The fraction of sp³-hybridized carbons (Fsp3) is 0.733. The summed E-state index contributed by atoms with van der Waals surface area (Å²) >= 11 is 0. The zero-order valence-corrected chi connectivity index (χ0v) is 10.9. The van der Waals surface area contributed by atoms with E-state index in [0.717, 1.165) is 19.3 Å². The number of aliphatic hydroxyl groups is 1. The Morgan fingerprint density at radius 2 is 2.22 bits per heavy atom. The lowest BCUT2D eigenvalue weighted by Gasteiger charge is -2.27. The van der Waals surface area contributed by atoms with E-state index in [1.54, 1.807) is 0 Å². The van der Waals surface area contributed by atoms with Crippen LogP contribution in [0.4, 0.5) is 0 Å². The predicted molar refractivity (Wildman–Crippen MR) is 68.6 cm³/mol. The van der Waals surface area contributed by atoms with Gasteiger partial charge in [-0.1, -0.05) is 0 Å². The molecule has 4 atom stereocenters. The van der Waals surface area contributed by atoms with E-state index in [-0.39, 0.29) is 6.10 Å². The molecule has 2 aliphatic heterocycles. The van der Waals surface area contributed by atoms with Crippen molar-refractivity contribution in [3.63, 3.8) is 0 Å². The lowest BCUT2D eigenvalue weighted by Crippen LogP contribution is -2.24. The van der Waals surface area contributed by atoms with E-state index in [9.17, 15) is 5.11 Å². The lowest BCUT2D eigenvalue weighted by molar-refractivity contribution is 0.0928. The third-order valence-electron chi connectivity index (χ3n) is 5.02. The van der Waals surface area contributed by atoms with E-state index < -0.39 is 0 Å². The van der Waals surface area contributed by atoms with Gasteiger partial charge in [0.05, 0.1) is 24.4 Å². The summed E-state index contributed by atoms with van der Waals surface area (Å²) < 4.78 is 8.49. The van der Waals surface area contributed by atoms with Crippen molar-refractivity contribution >= 4 is 0 Å². The van der Waals surface area contributed by atoms with Crippen LogP contribution in [0.25, 0.3) is 0 Å². The van der Waals surface area contributed by atoms with Gasteiger partial charge in [0.15, 0.2) is 0 Å². The highest BCUT2D eigenvalue weighted by molar-refractivity contribution is 5.33. The molecule has 1 N–H and O–H groups in total. The fourth-order valence-corrected chi connectivity index (χ4v) is 4.25. The van der Waals surface area contributed by atoms with Crippen LogP contribution in [0, 0.1) is 6.92 Å². The van der Waals surface area contributed by atoms with E-state index in [4.69, 9.17) is 4.74 Å². The minimum atomic E-state index is -0.242. The van der Waals surface area contributed by atoms with Crippen molar-refractivity contribution in [3.8, 4) is 0 Å². The van der Waals surface area contributed by atoms with Gasteiger partial charge in [-0.15, -0.1) is 0 Å². The van der Waals surface area contributed by atoms with Crippen molar-refractivity contribution in [2.24, 2.45) is 0 Å². The van der Waals surface area contributed by atoms with Gasteiger partial charge < -0.3 is 14.4 Å². The molecule has 98 valence electrons. The second kappa shape index (κ2) is 3.84. The second-order valence-electron chi connectivity index (χ2n) is 6.14. The molecule has 0 spiro atoms. The minimum absolute atomic E-state index is 0.242. The van der Waals surface area contributed by atoms with Crippen LogP contribution in [-0.4, -0.2) is 21.9 Å². The third-order valence-corrected chi connectivity index (χ3v) is 5.02. The zero-order valence-electron chi connectivity index (χ0n) is 10.9. The molecule has 1 aliphatic carbocycles. The van der Waals surface area contributed by atoms with Crippen LogP contribution in [-0.2, 0) is 11.2 Å². The summed E-state index contributed by atoms with van der Waals surface area (Å²) in [6.07, 6.45) is 7.44. The quantitative estimate of drug-likeness (QED) is 0.828. The first kappa shape index (κ1) is 11.1. The van der Waals surface area contributed by atoms with Gasteiger partial charge in [-0.25, -0.2) is 0 Å². The summed E-state index contributed by atoms with van der Waals surface area (Å²) in [4.78, 5) is 0. The molecule has 3 heteroatoms. The van der Waals surface area contributed by atoms with Crippen LogP contribution in [0.1, 0.15) is 61.2 Å². The van der Waals surface area contributed by atoms with Gasteiger partial charge in [-0.3, -0.25) is 0 Å². The van der Waals surface area contributed by atoms with Crippen LogP contribution >= 0.6 is 0 Å². The van der Waals surface area contributed by atoms with Crippen molar-refractivity contribution in [1.29, 1.82) is 0 Å². The highest BCUT2D eigenvalue weighted by Gasteiger charge is 2.43. The summed E-state index contributed by atoms with van der Waals surface area (Å²) in [6, 6.07) is 2.73. The van der Waals surface area contributed by atoms with Gasteiger partial charge in [0.25, 0.3) is 0 Å². The van der Waals surface area contributed by atoms with Crippen molar-refractivity contribution in [2.75, 3.05) is 0 Å². The number of hydrogen-bond acceptors (Lipinski definition) is 2. The number of ether oxygens (including phenoxy) is 1. The zero-order chi connectivity index (χ0) is 12.3. The number of nitrogens with zero attached hydrogens (tertiary/aromatic N) is 1. The average molecular weight is 247 g/mol. The fourth-order valence-electron chi connectivity index (χ4n) is 4.25. The molecule has 3 aliphatic rings. The standard InChI is InChI=1S/C15H21NO2/c1-9-7-11-12(3-2-4-14(11)17)16(9)13-8-10-5-6-15(13)18-10/h7,10,13-15,17H,2-6,8H2,1H3. The Kier molecular flexibility index (Phi) is 2.36. The first-order valence-corrected chi connectivity index (χ1v) is 7.28. The van der Waals surface area contributed by atoms with Crippen LogP contribution in [0.2, 0.25) is 0 Å². The topological polar surface area (TPSA) is 34.4 Å². The number of rotatable bonds is 1. The Balaban J connectivity index is 1.76. The van der Waals surface area contributed by atoms with E-state index in [2.05, 4.69) is 17.6 Å². The second-order valence-corrected chi connectivity index (χ2v) is 6.14. The molecule has 4 unspecified atom stereocenters. The normalized spacial score (nSPS) is 38.1. The molecule has 1 aromatic rings. The molecule has 2 saturated heterocycles. The summed E-state index contributed by atoms with van der Waals surface area (Å²) in [5, 5.41) is 10.1. The largest absolute Gasteiger partial charge is 0.388 e. The molecule has 3 heterocycles. The molecule has 3 nitrogen and oxygen atoms in total. The van der Waals surface area contributed by atoms with Gasteiger partial charge in [0.1, 0.15) is 0 Å². The number of hydrogen-bond donors (Lipinski definition) is 1. The molecule has 1 aromatic heterocycles. The van der Waals surface area contributed by atoms with E-state index >= 15 is 0 Å². The number of aryl methyl sites for hydroxylation is 1. The highest BCUT2D eigenvalue weighted by atomic mass is 16.5. The van der Waals surface area contributed by atoms with Gasteiger partial charge in [0.2, 0.25) is 0 Å². The molecule has 18 heavy (non-hydrogen) atoms. The Labute approximate surface area is 108 Å². The number of aromatic nitrogens is 1. The maximum absolute atomic E-state index is 10.1. The maximum atomic E-state index is 10.1. The van der Waals surface area contributed by atoms with Crippen molar-refractivity contribution in [2.45, 2.75) is 69.8 Å². The maximum Gasteiger partial charge on any atom is 0.0807 e. The minimum Gasteiger partial charge on any atom is -0.388 e. The van der Waals surface area contributed by atoms with Gasteiger partial charge >= 0.3 is 0 Å². The van der Waals surface area contributed by atoms with E-state index in [0.29, 0.717) is 18.2 Å². The molecule has 0 amide bonds. The predicted octanol–water partition coefficient (Wildman–Crippen LogP) is 2.66. The molecule has 0 saturated carbocycles. The number of aliphatic hydroxyl groups excluding tert-OH is 1. The lowest BCUT2D eigenvalue weighted by atomic mass is 9.92. The molecule has 0 radical (unpaired) electrons. The first-order valence-electron chi connectivity index (χ1n) is 7.28. The van der Waals surface area contributed by atoms with Crippen LogP contribution in [0.3, 0.4) is 0 Å². The van der Waals surface area contributed by atoms with Crippen LogP contribution in [0.5, 0.6) is 0 Å². The third kappa shape index (κ3) is 1.44. The van der Waals surface area contributed by atoms with Crippen molar-refractivity contribution in [1.82, 2.24) is 4.57 Å². The van der Waals surface area contributed by atoms with Crippen molar-refractivity contribution < 1.29 is 9.84 Å². The van der Waals surface area contributed by atoms with Crippen LogP contribution < -0.4 is 0 Å². The molecule has 4 rings (SSSR count). The smallest absolute Gasteiger partial charge is 0.0807 e. The van der Waals surface area contributed by atoms with Gasteiger partial charge in [-0.2, -0.15) is 0 Å². The monoisotopic (exact) mass is 247 g/mol. The number of fused-ring (bicyclic) bond motifs is 3. The first-order chi connectivity index (χ1) is 8.74. The summed E-state index contributed by atoms with van der Waals surface area (Å²) in [6.45, 7) is 2.18. The molecular weight excluding hydrogens is 226 g/mol. The molecule has 0 aromatic carbocycles. The SMILES string of the molecule is Cc1cc2c(n1C1CC3CCC1O3)CCCC2O. The summed E-state index contributed by atoms with van der Waals surface area (Å²) in [5.41, 5.74) is 3.87. The van der Waals surface area contributed by atoms with E-state index in [1.807, 2.05) is 0 Å². The molecular formula is C15H21NO2. The Hall–Kier alpha value is -0.800. The molecule has 2 bridgehead atoms. The Bertz CT molecular complexity index is 479. The summed E-state index contributed by atoms with van der Waals surface area (Å²) in [7, 11) is 0.